The molecule has 8 aromatic carbocycles. The molecule has 0 N–H and O–H groups in total. The second kappa shape index (κ2) is 12.7. The van der Waals surface area contributed by atoms with Gasteiger partial charge in [-0.25, -0.2) is 15.0 Å². The summed E-state index contributed by atoms with van der Waals surface area (Å²) in [6, 6.07) is 65.9. The summed E-state index contributed by atoms with van der Waals surface area (Å²) in [6.45, 7) is 0. The van der Waals surface area contributed by atoms with Crippen LogP contribution < -0.4 is 0 Å². The molecule has 3 heteroatoms. The third-order valence-electron chi connectivity index (χ3n) is 9.31. The first-order chi connectivity index (χ1) is 24.8. The van der Waals surface area contributed by atoms with Gasteiger partial charge in [0, 0.05) is 16.7 Å². The molecule has 3 nitrogen and oxygen atoms in total. The second-order valence-electron chi connectivity index (χ2n) is 12.5. The van der Waals surface area contributed by atoms with Gasteiger partial charge in [0.25, 0.3) is 0 Å². The van der Waals surface area contributed by atoms with Crippen LogP contribution in [0.1, 0.15) is 0 Å². The van der Waals surface area contributed by atoms with Crippen LogP contribution in [0, 0.1) is 0 Å². The Morgan fingerprint density at radius 3 is 1.28 bits per heavy atom. The maximum Gasteiger partial charge on any atom is 0.164 e. The van der Waals surface area contributed by atoms with Crippen molar-refractivity contribution in [2.75, 3.05) is 0 Å². The predicted octanol–water partition coefficient (Wildman–Crippen LogP) is 12.2. The van der Waals surface area contributed by atoms with E-state index < -0.39 is 0 Å². The summed E-state index contributed by atoms with van der Waals surface area (Å²) in [6.07, 6.45) is 0. The Kier molecular flexibility index (Phi) is 7.49. The van der Waals surface area contributed by atoms with E-state index >= 15 is 0 Å². The zero-order chi connectivity index (χ0) is 33.3. The first-order valence-corrected chi connectivity index (χ1v) is 16.9. The molecule has 0 atom stereocenters. The fourth-order valence-electron chi connectivity index (χ4n) is 6.80. The van der Waals surface area contributed by atoms with Crippen LogP contribution in [-0.2, 0) is 0 Å². The molecule has 0 aliphatic carbocycles. The Labute approximate surface area is 291 Å². The summed E-state index contributed by atoms with van der Waals surface area (Å²) in [5, 5.41) is 4.74. The molecule has 50 heavy (non-hydrogen) atoms. The Hall–Kier alpha value is -6.71. The molecule has 234 valence electrons. The molecule has 9 aromatic rings. The molecule has 0 saturated carbocycles. The molecule has 0 unspecified atom stereocenters. The van der Waals surface area contributed by atoms with Gasteiger partial charge in [0.2, 0.25) is 0 Å². The number of rotatable bonds is 6. The summed E-state index contributed by atoms with van der Waals surface area (Å²) in [7, 11) is 0. The van der Waals surface area contributed by atoms with Gasteiger partial charge in [-0.05, 0) is 73.1 Å². The van der Waals surface area contributed by atoms with Crippen LogP contribution in [0.4, 0.5) is 0 Å². The predicted molar refractivity (Wildman–Crippen MR) is 207 cm³/mol. The molecule has 0 amide bonds. The first-order valence-electron chi connectivity index (χ1n) is 16.9. The van der Waals surface area contributed by atoms with Gasteiger partial charge in [-0.3, -0.25) is 0 Å². The maximum absolute atomic E-state index is 5.10. The van der Waals surface area contributed by atoms with E-state index in [0.717, 1.165) is 27.6 Å². The van der Waals surface area contributed by atoms with E-state index in [9.17, 15) is 0 Å². The second-order valence-corrected chi connectivity index (χ2v) is 12.5. The van der Waals surface area contributed by atoms with Crippen LogP contribution in [-0.4, -0.2) is 15.0 Å². The molecule has 0 bridgehead atoms. The van der Waals surface area contributed by atoms with Crippen molar-refractivity contribution < 1.29 is 0 Å². The van der Waals surface area contributed by atoms with Crippen LogP contribution in [0.15, 0.2) is 188 Å². The van der Waals surface area contributed by atoms with Gasteiger partial charge in [0.1, 0.15) is 0 Å². The molecule has 0 radical (unpaired) electrons. The van der Waals surface area contributed by atoms with Gasteiger partial charge in [0.15, 0.2) is 17.5 Å². The molecule has 1 aromatic heterocycles. The van der Waals surface area contributed by atoms with Crippen molar-refractivity contribution in [1.82, 2.24) is 15.0 Å². The molecule has 0 spiro atoms. The van der Waals surface area contributed by atoms with E-state index in [4.69, 9.17) is 15.0 Å². The fourth-order valence-corrected chi connectivity index (χ4v) is 6.80. The Bertz CT molecular complexity index is 2630. The Morgan fingerprint density at radius 1 is 0.240 bits per heavy atom. The molecule has 1 heterocycles. The number of benzene rings is 8. The molecule has 0 aliphatic rings. The highest BCUT2D eigenvalue weighted by molar-refractivity contribution is 6.04. The van der Waals surface area contributed by atoms with Crippen molar-refractivity contribution >= 4 is 21.5 Å². The number of hydrogen-bond donors (Lipinski definition) is 0. The van der Waals surface area contributed by atoms with E-state index in [1.54, 1.807) is 0 Å². The minimum atomic E-state index is 0.639. The van der Waals surface area contributed by atoms with Gasteiger partial charge in [-0.2, -0.15) is 0 Å². The molecule has 0 aliphatic heterocycles. The first kappa shape index (κ1) is 29.4. The van der Waals surface area contributed by atoms with E-state index in [-0.39, 0.29) is 0 Å². The zero-order valence-corrected chi connectivity index (χ0v) is 27.2. The zero-order valence-electron chi connectivity index (χ0n) is 27.2. The lowest BCUT2D eigenvalue weighted by molar-refractivity contribution is 1.07. The number of fused-ring (bicyclic) bond motifs is 2. The molecule has 0 saturated heterocycles. The van der Waals surface area contributed by atoms with E-state index in [1.807, 2.05) is 36.4 Å². The summed E-state index contributed by atoms with van der Waals surface area (Å²) in [5.74, 6) is 1.93. The highest BCUT2D eigenvalue weighted by Gasteiger charge is 2.15. The van der Waals surface area contributed by atoms with Crippen LogP contribution in [0.25, 0.3) is 89.1 Å². The third kappa shape index (κ3) is 5.61. The van der Waals surface area contributed by atoms with E-state index in [0.29, 0.717) is 17.5 Å². The van der Waals surface area contributed by atoms with E-state index in [1.165, 1.54) is 44.0 Å². The lowest BCUT2D eigenvalue weighted by atomic mass is 9.92. The van der Waals surface area contributed by atoms with Crippen LogP contribution in [0.2, 0.25) is 0 Å². The van der Waals surface area contributed by atoms with Crippen molar-refractivity contribution in [3.63, 3.8) is 0 Å². The smallest absolute Gasteiger partial charge is 0.164 e. The van der Waals surface area contributed by atoms with E-state index in [2.05, 4.69) is 152 Å². The van der Waals surface area contributed by atoms with Crippen LogP contribution >= 0.6 is 0 Å². The van der Waals surface area contributed by atoms with Gasteiger partial charge >= 0.3 is 0 Å². The summed E-state index contributed by atoms with van der Waals surface area (Å²) in [5.41, 5.74) is 9.95. The highest BCUT2D eigenvalue weighted by atomic mass is 15.0. The average molecular weight is 638 g/mol. The normalized spacial score (nSPS) is 11.2. The lowest BCUT2D eigenvalue weighted by Crippen LogP contribution is -2.00. The minimum Gasteiger partial charge on any atom is -0.208 e. The third-order valence-corrected chi connectivity index (χ3v) is 9.31. The molecule has 0 fully saturated rings. The van der Waals surface area contributed by atoms with Crippen molar-refractivity contribution in [3.8, 4) is 67.5 Å². The SMILES string of the molecule is c1ccc(-c2ccc3cc(-c4nc(-c5ccccc5)nc(-c5cccc(-c6cccc7c(-c8ccccc8)cccc67)c5)n4)ccc3c2)cc1. The molecular formula is C47H31N3. The molecular weight excluding hydrogens is 607 g/mol. The van der Waals surface area contributed by atoms with Gasteiger partial charge in [-0.1, -0.05) is 170 Å². The standard InChI is InChI=1S/C47H31N3/c1-4-13-32(14-5-1)35-25-26-37-30-40(28-27-36(37)29-35)47-49-45(34-17-8-3-9-18-34)48-46(50-47)39-20-10-19-38(31-39)42-22-12-23-43-41(21-11-24-44(42)43)33-15-6-2-7-16-33/h1-31H. The van der Waals surface area contributed by atoms with Crippen molar-refractivity contribution in [2.45, 2.75) is 0 Å². The average Bonchev–Trinajstić information content (AvgIpc) is 3.21. The topological polar surface area (TPSA) is 38.7 Å². The fraction of sp³-hybridized carbons (Fsp3) is 0. The number of nitrogens with zero attached hydrogens (tertiary/aromatic N) is 3. The number of hydrogen-bond acceptors (Lipinski definition) is 3. The van der Waals surface area contributed by atoms with Crippen LogP contribution in [0.5, 0.6) is 0 Å². The van der Waals surface area contributed by atoms with Gasteiger partial charge in [-0.15, -0.1) is 0 Å². The van der Waals surface area contributed by atoms with Crippen LogP contribution in [0.3, 0.4) is 0 Å². The maximum atomic E-state index is 5.10. The highest BCUT2D eigenvalue weighted by Crippen LogP contribution is 2.36. The quantitative estimate of drug-likeness (QED) is 0.182. The largest absolute Gasteiger partial charge is 0.208 e. The van der Waals surface area contributed by atoms with Crippen molar-refractivity contribution in [2.24, 2.45) is 0 Å². The van der Waals surface area contributed by atoms with Crippen molar-refractivity contribution in [3.05, 3.63) is 188 Å². The summed E-state index contributed by atoms with van der Waals surface area (Å²) >= 11 is 0. The van der Waals surface area contributed by atoms with Crippen molar-refractivity contribution in [1.29, 1.82) is 0 Å². The Morgan fingerprint density at radius 2 is 0.660 bits per heavy atom. The monoisotopic (exact) mass is 637 g/mol. The van der Waals surface area contributed by atoms with Gasteiger partial charge in [0.05, 0.1) is 0 Å². The Balaban J connectivity index is 1.15. The minimum absolute atomic E-state index is 0.639. The number of aromatic nitrogens is 3. The van der Waals surface area contributed by atoms with Gasteiger partial charge < -0.3 is 0 Å². The summed E-state index contributed by atoms with van der Waals surface area (Å²) < 4.78 is 0. The molecule has 9 rings (SSSR count). The lowest BCUT2D eigenvalue weighted by Gasteiger charge is -2.13. The summed E-state index contributed by atoms with van der Waals surface area (Å²) in [4.78, 5) is 15.1.